The Balaban J connectivity index is 1.67. The largest absolute Gasteiger partial charge is 0.378 e. The van der Waals surface area contributed by atoms with Gasteiger partial charge < -0.3 is 4.74 Å². The van der Waals surface area contributed by atoms with E-state index in [1.54, 1.807) is 0 Å². The lowest BCUT2D eigenvalue weighted by molar-refractivity contribution is 0.1000. The molecule has 1 aliphatic heterocycles. The standard InChI is InChI=1S/C14H28N2O/c1-11-5-2-8-13(11)14(16-15)9-3-6-12-7-4-10-17-12/h11-14,16H,2-10,15H2,1H3. The van der Waals surface area contributed by atoms with E-state index in [9.17, 15) is 0 Å². The van der Waals surface area contributed by atoms with Crippen molar-refractivity contribution in [2.24, 2.45) is 17.7 Å². The van der Waals surface area contributed by atoms with Gasteiger partial charge in [-0.1, -0.05) is 19.8 Å². The van der Waals surface area contributed by atoms with E-state index in [2.05, 4.69) is 12.3 Å². The van der Waals surface area contributed by atoms with Crippen LogP contribution in [-0.4, -0.2) is 18.8 Å². The number of nitrogens with two attached hydrogens (primary N) is 1. The van der Waals surface area contributed by atoms with Crippen molar-refractivity contribution in [3.05, 3.63) is 0 Å². The first-order chi connectivity index (χ1) is 8.31. The zero-order chi connectivity index (χ0) is 12.1. The lowest BCUT2D eigenvalue weighted by Crippen LogP contribution is -2.41. The Morgan fingerprint density at radius 1 is 1.29 bits per heavy atom. The molecule has 3 heteroatoms. The van der Waals surface area contributed by atoms with Gasteiger partial charge in [0.05, 0.1) is 6.10 Å². The van der Waals surface area contributed by atoms with E-state index in [1.807, 2.05) is 0 Å². The second-order valence-electron chi connectivity index (χ2n) is 5.91. The van der Waals surface area contributed by atoms with Crippen LogP contribution in [0.1, 0.15) is 58.3 Å². The SMILES string of the molecule is CC1CCCC1C(CCCC1CCCO1)NN. The van der Waals surface area contributed by atoms with Crippen molar-refractivity contribution in [1.29, 1.82) is 0 Å². The molecule has 1 aliphatic carbocycles. The highest BCUT2D eigenvalue weighted by atomic mass is 16.5. The molecule has 4 unspecified atom stereocenters. The topological polar surface area (TPSA) is 47.3 Å². The minimum absolute atomic E-state index is 0.522. The Hall–Kier alpha value is -0.120. The van der Waals surface area contributed by atoms with Crippen LogP contribution in [0.4, 0.5) is 0 Å². The lowest BCUT2D eigenvalue weighted by atomic mass is 9.87. The highest BCUT2D eigenvalue weighted by Crippen LogP contribution is 2.35. The van der Waals surface area contributed by atoms with Gasteiger partial charge in [0.15, 0.2) is 0 Å². The van der Waals surface area contributed by atoms with Gasteiger partial charge >= 0.3 is 0 Å². The molecule has 1 saturated heterocycles. The predicted octanol–water partition coefficient (Wildman–Crippen LogP) is 2.60. The molecule has 3 nitrogen and oxygen atoms in total. The Labute approximate surface area is 105 Å². The van der Waals surface area contributed by atoms with Crippen molar-refractivity contribution in [1.82, 2.24) is 5.43 Å². The molecule has 0 radical (unpaired) electrons. The quantitative estimate of drug-likeness (QED) is 0.554. The molecule has 0 bridgehead atoms. The fourth-order valence-corrected chi connectivity index (χ4v) is 3.63. The predicted molar refractivity (Wildman–Crippen MR) is 70.4 cm³/mol. The first-order valence-corrected chi connectivity index (χ1v) is 7.39. The molecular weight excluding hydrogens is 212 g/mol. The third-order valence-electron chi connectivity index (χ3n) is 4.72. The molecule has 2 rings (SSSR count). The molecule has 0 spiro atoms. The van der Waals surface area contributed by atoms with Crippen LogP contribution < -0.4 is 11.3 Å². The maximum absolute atomic E-state index is 5.73. The summed E-state index contributed by atoms with van der Waals surface area (Å²) < 4.78 is 5.66. The van der Waals surface area contributed by atoms with Crippen molar-refractivity contribution < 1.29 is 4.74 Å². The van der Waals surface area contributed by atoms with Gasteiger partial charge in [0.1, 0.15) is 0 Å². The van der Waals surface area contributed by atoms with Crippen LogP contribution in [0.3, 0.4) is 0 Å². The number of nitrogens with one attached hydrogen (secondary N) is 1. The minimum Gasteiger partial charge on any atom is -0.378 e. The summed E-state index contributed by atoms with van der Waals surface area (Å²) in [6.45, 7) is 3.35. The molecule has 1 saturated carbocycles. The lowest BCUT2D eigenvalue weighted by Gasteiger charge is -2.26. The first-order valence-electron chi connectivity index (χ1n) is 7.39. The van der Waals surface area contributed by atoms with Gasteiger partial charge in [-0.3, -0.25) is 11.3 Å². The van der Waals surface area contributed by atoms with Gasteiger partial charge in [-0.15, -0.1) is 0 Å². The minimum atomic E-state index is 0.522. The molecule has 0 amide bonds. The van der Waals surface area contributed by atoms with Crippen LogP contribution in [0, 0.1) is 11.8 Å². The van der Waals surface area contributed by atoms with Crippen LogP contribution in [0.5, 0.6) is 0 Å². The molecule has 0 aromatic carbocycles. The second-order valence-corrected chi connectivity index (χ2v) is 5.91. The van der Waals surface area contributed by atoms with Crippen molar-refractivity contribution in [3.63, 3.8) is 0 Å². The zero-order valence-electron chi connectivity index (χ0n) is 11.2. The van der Waals surface area contributed by atoms with Gasteiger partial charge in [-0.25, -0.2) is 0 Å². The van der Waals surface area contributed by atoms with E-state index in [0.29, 0.717) is 12.1 Å². The number of hydrogen-bond acceptors (Lipinski definition) is 3. The smallest absolute Gasteiger partial charge is 0.0576 e. The number of ether oxygens (including phenoxy) is 1. The van der Waals surface area contributed by atoms with Crippen molar-refractivity contribution in [3.8, 4) is 0 Å². The second kappa shape index (κ2) is 6.72. The van der Waals surface area contributed by atoms with Crippen molar-refractivity contribution in [2.45, 2.75) is 70.4 Å². The fourth-order valence-electron chi connectivity index (χ4n) is 3.63. The monoisotopic (exact) mass is 240 g/mol. The van der Waals surface area contributed by atoms with Gasteiger partial charge in [0.25, 0.3) is 0 Å². The van der Waals surface area contributed by atoms with Gasteiger partial charge in [0.2, 0.25) is 0 Å². The maximum Gasteiger partial charge on any atom is 0.0576 e. The molecule has 1 heterocycles. The number of hydrazine groups is 1. The number of hydrogen-bond donors (Lipinski definition) is 2. The normalized spacial score (nSPS) is 35.3. The van der Waals surface area contributed by atoms with E-state index < -0.39 is 0 Å². The van der Waals surface area contributed by atoms with Gasteiger partial charge in [-0.05, 0) is 50.4 Å². The molecule has 4 atom stereocenters. The molecule has 17 heavy (non-hydrogen) atoms. The van der Waals surface area contributed by atoms with Crippen LogP contribution in [0.25, 0.3) is 0 Å². The van der Waals surface area contributed by atoms with E-state index in [1.165, 1.54) is 51.4 Å². The van der Waals surface area contributed by atoms with Gasteiger partial charge in [-0.2, -0.15) is 0 Å². The summed E-state index contributed by atoms with van der Waals surface area (Å²) in [5, 5.41) is 0. The van der Waals surface area contributed by atoms with Gasteiger partial charge in [0, 0.05) is 12.6 Å². The molecule has 0 aromatic heterocycles. The average Bonchev–Trinajstić information content (AvgIpc) is 2.96. The highest BCUT2D eigenvalue weighted by Gasteiger charge is 2.30. The summed E-state index contributed by atoms with van der Waals surface area (Å²) >= 11 is 0. The summed E-state index contributed by atoms with van der Waals surface area (Å²) in [6, 6.07) is 0.522. The van der Waals surface area contributed by atoms with E-state index >= 15 is 0 Å². The Morgan fingerprint density at radius 3 is 2.76 bits per heavy atom. The molecule has 2 aliphatic rings. The highest BCUT2D eigenvalue weighted by molar-refractivity contribution is 4.84. The molecule has 100 valence electrons. The summed E-state index contributed by atoms with van der Waals surface area (Å²) in [4.78, 5) is 0. The van der Waals surface area contributed by atoms with Crippen molar-refractivity contribution >= 4 is 0 Å². The van der Waals surface area contributed by atoms with Crippen LogP contribution in [0.15, 0.2) is 0 Å². The maximum atomic E-state index is 5.73. The molecular formula is C14H28N2O. The Kier molecular flexibility index (Phi) is 5.26. The Morgan fingerprint density at radius 2 is 2.18 bits per heavy atom. The first kappa shape index (κ1) is 13.3. The van der Waals surface area contributed by atoms with E-state index in [-0.39, 0.29) is 0 Å². The fraction of sp³-hybridized carbons (Fsp3) is 1.00. The summed E-state index contributed by atoms with van der Waals surface area (Å²) in [5.41, 5.74) is 3.06. The van der Waals surface area contributed by atoms with Crippen molar-refractivity contribution in [2.75, 3.05) is 6.61 Å². The summed E-state index contributed by atoms with van der Waals surface area (Å²) in [7, 11) is 0. The van der Waals surface area contributed by atoms with Crippen LogP contribution >= 0.6 is 0 Å². The van der Waals surface area contributed by atoms with E-state index in [0.717, 1.165) is 18.4 Å². The zero-order valence-corrected chi connectivity index (χ0v) is 11.2. The Bertz CT molecular complexity index is 216. The van der Waals surface area contributed by atoms with Crippen LogP contribution in [0.2, 0.25) is 0 Å². The van der Waals surface area contributed by atoms with Crippen LogP contribution in [-0.2, 0) is 4.74 Å². The molecule has 3 N–H and O–H groups in total. The third-order valence-corrected chi connectivity index (χ3v) is 4.72. The molecule has 2 fully saturated rings. The average molecular weight is 240 g/mol. The summed E-state index contributed by atoms with van der Waals surface area (Å²) in [5.74, 6) is 7.37. The summed E-state index contributed by atoms with van der Waals surface area (Å²) in [6.07, 6.45) is 10.9. The number of rotatable bonds is 6. The van der Waals surface area contributed by atoms with E-state index in [4.69, 9.17) is 10.6 Å². The third kappa shape index (κ3) is 3.67. The molecule has 0 aromatic rings.